The molecule has 1 heterocycles. The molecule has 0 unspecified atom stereocenters. The molecule has 0 N–H and O–H groups in total. The molecular formula is C31H27N. The van der Waals surface area contributed by atoms with Crippen LogP contribution in [0, 0.1) is 0 Å². The van der Waals surface area contributed by atoms with Crippen molar-refractivity contribution in [2.75, 3.05) is 0 Å². The third-order valence-electron chi connectivity index (χ3n) is 8.35. The number of aromatic nitrogens is 1. The van der Waals surface area contributed by atoms with Crippen LogP contribution in [-0.2, 0) is 17.9 Å². The van der Waals surface area contributed by atoms with Crippen molar-refractivity contribution in [3.63, 3.8) is 0 Å². The maximum Gasteiger partial charge on any atom is 0.0536 e. The van der Waals surface area contributed by atoms with Crippen LogP contribution in [-0.4, -0.2) is 4.57 Å². The van der Waals surface area contributed by atoms with Crippen molar-refractivity contribution in [3.8, 4) is 22.3 Å². The lowest BCUT2D eigenvalue weighted by Gasteiger charge is -2.24. The van der Waals surface area contributed by atoms with Gasteiger partial charge in [-0.05, 0) is 44.5 Å². The highest BCUT2D eigenvalue weighted by Gasteiger charge is 2.40. The van der Waals surface area contributed by atoms with Crippen LogP contribution < -0.4 is 0 Å². The number of aryl methyl sites for hydroxylation is 1. The summed E-state index contributed by atoms with van der Waals surface area (Å²) in [5, 5.41) is 2.74. The zero-order valence-corrected chi connectivity index (χ0v) is 19.4. The number of nitrogens with zero attached hydrogens (tertiary/aromatic N) is 1. The first-order valence-electron chi connectivity index (χ1n) is 11.6. The van der Waals surface area contributed by atoms with Gasteiger partial charge in [0.2, 0.25) is 0 Å². The Bertz CT molecular complexity index is 1500. The summed E-state index contributed by atoms with van der Waals surface area (Å²) in [6, 6.07) is 27.3. The fraction of sp³-hybridized carbons (Fsp3) is 0.226. The summed E-state index contributed by atoms with van der Waals surface area (Å²) in [5.41, 5.74) is 14.1. The summed E-state index contributed by atoms with van der Waals surface area (Å²) in [5.74, 6) is 0. The lowest BCUT2D eigenvalue weighted by Crippen LogP contribution is -2.17. The van der Waals surface area contributed by atoms with Crippen LogP contribution >= 0.6 is 0 Å². The Morgan fingerprint density at radius 3 is 1.34 bits per heavy atom. The van der Waals surface area contributed by atoms with Gasteiger partial charge in [-0.2, -0.15) is 0 Å². The Balaban J connectivity index is 1.66. The van der Waals surface area contributed by atoms with Crippen LogP contribution in [0.25, 0.3) is 44.1 Å². The average Bonchev–Trinajstić information content (AvgIpc) is 3.31. The third-order valence-corrected chi connectivity index (χ3v) is 8.35. The molecule has 2 aliphatic carbocycles. The zero-order chi connectivity index (χ0) is 22.0. The fourth-order valence-corrected chi connectivity index (χ4v) is 6.94. The van der Waals surface area contributed by atoms with Gasteiger partial charge < -0.3 is 4.57 Å². The summed E-state index contributed by atoms with van der Waals surface area (Å²) >= 11 is 0. The lowest BCUT2D eigenvalue weighted by molar-refractivity contribution is 0.658. The first kappa shape index (κ1) is 18.3. The highest BCUT2D eigenvalue weighted by Crippen LogP contribution is 2.55. The van der Waals surface area contributed by atoms with E-state index in [1.165, 1.54) is 66.3 Å². The minimum atomic E-state index is -0.0186. The molecule has 0 amide bonds. The molecular weight excluding hydrogens is 386 g/mol. The van der Waals surface area contributed by atoms with Gasteiger partial charge in [0.1, 0.15) is 0 Å². The molecule has 0 aliphatic heterocycles. The molecule has 2 aliphatic rings. The zero-order valence-electron chi connectivity index (χ0n) is 19.4. The van der Waals surface area contributed by atoms with E-state index < -0.39 is 0 Å². The maximum atomic E-state index is 2.50. The van der Waals surface area contributed by atoms with Crippen molar-refractivity contribution in [2.24, 2.45) is 7.05 Å². The number of hydrogen-bond donors (Lipinski definition) is 0. The Hall–Kier alpha value is -3.32. The van der Waals surface area contributed by atoms with Crippen molar-refractivity contribution < 1.29 is 0 Å². The minimum Gasteiger partial charge on any atom is -0.343 e. The van der Waals surface area contributed by atoms with E-state index >= 15 is 0 Å². The molecule has 5 aromatic rings. The Labute approximate surface area is 189 Å². The second-order valence-corrected chi connectivity index (χ2v) is 10.7. The number of benzene rings is 4. The van der Waals surface area contributed by atoms with Crippen molar-refractivity contribution in [3.05, 3.63) is 95.1 Å². The summed E-state index contributed by atoms with van der Waals surface area (Å²) in [6.45, 7) is 9.55. The lowest BCUT2D eigenvalue weighted by atomic mass is 9.81. The molecule has 4 aromatic carbocycles. The number of hydrogen-bond acceptors (Lipinski definition) is 0. The van der Waals surface area contributed by atoms with Gasteiger partial charge in [-0.3, -0.25) is 0 Å². The molecule has 0 bridgehead atoms. The van der Waals surface area contributed by atoms with E-state index in [0.717, 1.165) is 0 Å². The van der Waals surface area contributed by atoms with Gasteiger partial charge in [0.25, 0.3) is 0 Å². The van der Waals surface area contributed by atoms with E-state index in [1.807, 2.05) is 0 Å². The van der Waals surface area contributed by atoms with Gasteiger partial charge in [-0.15, -0.1) is 0 Å². The monoisotopic (exact) mass is 413 g/mol. The second-order valence-electron chi connectivity index (χ2n) is 10.7. The minimum absolute atomic E-state index is 0.0186. The molecule has 0 radical (unpaired) electrons. The Morgan fingerprint density at radius 2 is 0.906 bits per heavy atom. The number of rotatable bonds is 0. The summed E-state index contributed by atoms with van der Waals surface area (Å²) < 4.78 is 2.50. The molecule has 0 fully saturated rings. The standard InChI is InChI=1S/C31H27N/c1-30(2)24-12-8-6-10-18(24)20-14-16-22-23-17-15-21-19-11-7-9-13-25(19)31(3,4)27(21)29(23)32(5)28(22)26(20)30/h6-17H,1-5H3. The first-order chi connectivity index (χ1) is 15.3. The second kappa shape index (κ2) is 5.53. The maximum absolute atomic E-state index is 2.50. The summed E-state index contributed by atoms with van der Waals surface area (Å²) in [4.78, 5) is 0. The van der Waals surface area contributed by atoms with E-state index in [9.17, 15) is 0 Å². The van der Waals surface area contributed by atoms with Crippen LogP contribution in [0.15, 0.2) is 72.8 Å². The topological polar surface area (TPSA) is 4.93 Å². The molecule has 0 saturated heterocycles. The molecule has 0 atom stereocenters. The largest absolute Gasteiger partial charge is 0.343 e. The average molecular weight is 414 g/mol. The molecule has 156 valence electrons. The fourth-order valence-electron chi connectivity index (χ4n) is 6.94. The van der Waals surface area contributed by atoms with E-state index in [4.69, 9.17) is 0 Å². The molecule has 1 aromatic heterocycles. The van der Waals surface area contributed by atoms with Crippen molar-refractivity contribution in [1.29, 1.82) is 0 Å². The van der Waals surface area contributed by atoms with Crippen LogP contribution in [0.5, 0.6) is 0 Å². The molecule has 1 heteroatoms. The predicted octanol–water partition coefficient (Wildman–Crippen LogP) is 7.94. The van der Waals surface area contributed by atoms with Crippen molar-refractivity contribution in [1.82, 2.24) is 4.57 Å². The van der Waals surface area contributed by atoms with Gasteiger partial charge >= 0.3 is 0 Å². The van der Waals surface area contributed by atoms with Crippen molar-refractivity contribution in [2.45, 2.75) is 38.5 Å². The summed E-state index contributed by atoms with van der Waals surface area (Å²) in [6.07, 6.45) is 0. The van der Waals surface area contributed by atoms with Crippen LogP contribution in [0.1, 0.15) is 49.9 Å². The quantitative estimate of drug-likeness (QED) is 0.243. The molecule has 0 saturated carbocycles. The van der Waals surface area contributed by atoms with E-state index in [2.05, 4.69) is 112 Å². The summed E-state index contributed by atoms with van der Waals surface area (Å²) in [7, 11) is 2.28. The molecule has 32 heavy (non-hydrogen) atoms. The highest BCUT2D eigenvalue weighted by atomic mass is 14.9. The Kier molecular flexibility index (Phi) is 3.16. The number of fused-ring (bicyclic) bond motifs is 11. The van der Waals surface area contributed by atoms with Gasteiger partial charge in [0.05, 0.1) is 11.0 Å². The highest BCUT2D eigenvalue weighted by molar-refractivity contribution is 6.14. The van der Waals surface area contributed by atoms with E-state index in [1.54, 1.807) is 0 Å². The molecule has 7 rings (SSSR count). The first-order valence-corrected chi connectivity index (χ1v) is 11.6. The van der Waals surface area contributed by atoms with Crippen LogP contribution in [0.3, 0.4) is 0 Å². The smallest absolute Gasteiger partial charge is 0.0536 e. The Morgan fingerprint density at radius 1 is 0.500 bits per heavy atom. The SMILES string of the molecule is Cn1c2c3c(ccc2c2ccc4c(c21)C(C)(C)c1ccccc1-4)-c1ccccc1C3(C)C. The third kappa shape index (κ3) is 1.88. The van der Waals surface area contributed by atoms with E-state index in [-0.39, 0.29) is 10.8 Å². The van der Waals surface area contributed by atoms with Crippen LogP contribution in [0.2, 0.25) is 0 Å². The normalized spacial score (nSPS) is 16.8. The molecule has 0 spiro atoms. The van der Waals surface area contributed by atoms with Crippen LogP contribution in [0.4, 0.5) is 0 Å². The van der Waals surface area contributed by atoms with Gasteiger partial charge in [-0.25, -0.2) is 0 Å². The van der Waals surface area contributed by atoms with Crippen molar-refractivity contribution >= 4 is 21.8 Å². The van der Waals surface area contributed by atoms with Gasteiger partial charge in [-0.1, -0.05) is 100 Å². The van der Waals surface area contributed by atoms with Gasteiger partial charge in [0, 0.05) is 28.7 Å². The predicted molar refractivity (Wildman–Crippen MR) is 136 cm³/mol. The van der Waals surface area contributed by atoms with Gasteiger partial charge in [0.15, 0.2) is 0 Å². The van der Waals surface area contributed by atoms with E-state index in [0.29, 0.717) is 0 Å². The molecule has 1 nitrogen and oxygen atoms in total.